The van der Waals surface area contributed by atoms with Crippen molar-refractivity contribution in [2.45, 2.75) is 11.8 Å². The van der Waals surface area contributed by atoms with Crippen LogP contribution in [0.5, 0.6) is 0 Å². The lowest BCUT2D eigenvalue weighted by atomic mass is 10.5. The van der Waals surface area contributed by atoms with Crippen LogP contribution in [0.1, 0.15) is 0 Å². The van der Waals surface area contributed by atoms with Crippen molar-refractivity contribution in [3.8, 4) is 0 Å². The van der Waals surface area contributed by atoms with E-state index in [4.69, 9.17) is 4.74 Å². The minimum absolute atomic E-state index is 0.0789. The summed E-state index contributed by atoms with van der Waals surface area (Å²) in [4.78, 5) is 12.1. The van der Waals surface area contributed by atoms with Gasteiger partial charge in [-0.05, 0) is 6.08 Å². The Morgan fingerprint density at radius 2 is 2.11 bits per heavy atom. The minimum atomic E-state index is -5.79. The summed E-state index contributed by atoms with van der Waals surface area (Å²) in [6.07, 6.45) is -0.0694. The molecular formula is C7H9AlF3NO6S. The minimum Gasteiger partial charge on any atom is -0.605 e. The lowest BCUT2D eigenvalue weighted by molar-refractivity contribution is -0.0993. The third-order valence-electron chi connectivity index (χ3n) is 1.94. The fourth-order valence-corrected chi connectivity index (χ4v) is 1.86. The predicted octanol–water partition coefficient (Wildman–Crippen LogP) is -0.291. The summed E-state index contributed by atoms with van der Waals surface area (Å²) in [5, 5.41) is 0. The topological polar surface area (TPSA) is 82.1 Å². The molecule has 0 aromatic rings. The molecule has 1 aliphatic heterocycles. The number of halogens is 3. The van der Waals surface area contributed by atoms with Gasteiger partial charge in [0.1, 0.15) is 0 Å². The van der Waals surface area contributed by atoms with Crippen LogP contribution in [0.25, 0.3) is 0 Å². The molecule has 1 heterocycles. The van der Waals surface area contributed by atoms with Crippen molar-refractivity contribution < 1.29 is 39.1 Å². The summed E-state index contributed by atoms with van der Waals surface area (Å²) < 4.78 is 71.1. The smallest absolute Gasteiger partial charge is 0.523 e. The van der Waals surface area contributed by atoms with Crippen molar-refractivity contribution in [3.63, 3.8) is 0 Å². The summed E-state index contributed by atoms with van der Waals surface area (Å²) in [5.41, 5.74) is -5.56. The lowest BCUT2D eigenvalue weighted by Crippen LogP contribution is -2.39. The van der Waals surface area contributed by atoms with Crippen molar-refractivity contribution >= 4 is 32.8 Å². The van der Waals surface area contributed by atoms with Crippen LogP contribution in [-0.2, 0) is 22.8 Å². The van der Waals surface area contributed by atoms with Gasteiger partial charge in [0.25, 0.3) is 0 Å². The van der Waals surface area contributed by atoms with Gasteiger partial charge in [-0.25, -0.2) is 8.98 Å². The van der Waals surface area contributed by atoms with Crippen LogP contribution in [0.15, 0.2) is 12.3 Å². The van der Waals surface area contributed by atoms with Crippen molar-refractivity contribution in [2.75, 3.05) is 13.2 Å². The summed E-state index contributed by atoms with van der Waals surface area (Å²) in [7, 11) is -5.79. The normalized spacial score (nSPS) is 21.0. The second-order valence-electron chi connectivity index (χ2n) is 3.27. The van der Waals surface area contributed by atoms with Crippen LogP contribution in [0.4, 0.5) is 18.0 Å². The Morgan fingerprint density at radius 3 is 2.63 bits per heavy atom. The van der Waals surface area contributed by atoms with E-state index in [9.17, 15) is 26.4 Å². The van der Waals surface area contributed by atoms with E-state index in [1.807, 2.05) is 0 Å². The lowest BCUT2D eigenvalue weighted by Gasteiger charge is -2.22. The molecule has 19 heavy (non-hydrogen) atoms. The monoisotopic (exact) mass is 319 g/mol. The first kappa shape index (κ1) is 16.3. The quantitative estimate of drug-likeness (QED) is 0.395. The van der Waals surface area contributed by atoms with E-state index in [-0.39, 0.29) is 23.2 Å². The number of carbonyl (C=O) groups is 1. The predicted molar refractivity (Wildman–Crippen MR) is 56.7 cm³/mol. The first-order chi connectivity index (χ1) is 8.67. The molecule has 7 nitrogen and oxygen atoms in total. The Hall–Kier alpha value is -0.798. The molecule has 0 fully saturated rings. The first-order valence-corrected chi connectivity index (χ1v) is 7.02. The maximum Gasteiger partial charge on any atom is 0.523 e. The van der Waals surface area contributed by atoms with E-state index < -0.39 is 34.6 Å². The van der Waals surface area contributed by atoms with Gasteiger partial charge in [-0.15, -0.1) is 0 Å². The number of amides is 1. The van der Waals surface area contributed by atoms with Gasteiger partial charge in [-0.1, -0.05) is 0 Å². The fraction of sp³-hybridized carbons (Fsp3) is 0.571. The molecule has 1 atom stereocenters. The highest BCUT2D eigenvalue weighted by molar-refractivity contribution is 7.87. The number of hydrogen-bond donors (Lipinski definition) is 0. The maximum atomic E-state index is 12.1. The Labute approximate surface area is 114 Å². The molecule has 0 aromatic carbocycles. The Balaban J connectivity index is 2.78. The van der Waals surface area contributed by atoms with E-state index >= 15 is 0 Å². The Bertz CT molecular complexity index is 464. The highest BCUT2D eigenvalue weighted by atomic mass is 32.2. The van der Waals surface area contributed by atoms with Gasteiger partial charge in [-0.3, -0.25) is 4.90 Å². The van der Waals surface area contributed by atoms with E-state index in [0.29, 0.717) is 0 Å². The number of rotatable bonds is 2. The van der Waals surface area contributed by atoms with Gasteiger partial charge < -0.3 is 8.53 Å². The molecule has 0 spiro atoms. The summed E-state index contributed by atoms with van der Waals surface area (Å²) in [6.45, 7) is -0.740. The van der Waals surface area contributed by atoms with E-state index in [1.165, 1.54) is 12.3 Å². The highest BCUT2D eigenvalue weighted by Crippen LogP contribution is 2.26. The van der Waals surface area contributed by atoms with Gasteiger partial charge in [0, 0.05) is 6.20 Å². The molecule has 1 rings (SSSR count). The number of alkyl halides is 3. The van der Waals surface area contributed by atoms with Crippen molar-refractivity contribution in [2.24, 2.45) is 0 Å². The maximum absolute atomic E-state index is 12.1. The van der Waals surface area contributed by atoms with E-state index in [0.717, 1.165) is 4.90 Å². The SMILES string of the molecule is O=C([O][AlH2])N1C=CCOC(OS(=O)(=O)C(F)(F)F)C1. The number of carbonyl (C=O) groups excluding carboxylic acids is 1. The molecule has 0 N–H and O–H groups in total. The molecule has 0 radical (unpaired) electrons. The molecule has 0 saturated carbocycles. The molecule has 0 saturated heterocycles. The van der Waals surface area contributed by atoms with Crippen LogP contribution in [0, 0.1) is 0 Å². The second-order valence-corrected chi connectivity index (χ2v) is 5.24. The summed E-state index contributed by atoms with van der Waals surface area (Å²) in [6, 6.07) is 0. The second kappa shape index (κ2) is 6.10. The molecule has 1 amide bonds. The van der Waals surface area contributed by atoms with Gasteiger partial charge in [0.05, 0.1) is 13.2 Å². The number of ether oxygens (including phenoxy) is 1. The highest BCUT2D eigenvalue weighted by Gasteiger charge is 2.49. The van der Waals surface area contributed by atoms with Crippen LogP contribution >= 0.6 is 0 Å². The zero-order valence-electron chi connectivity index (χ0n) is 9.59. The largest absolute Gasteiger partial charge is 0.605 e. The van der Waals surface area contributed by atoms with Crippen molar-refractivity contribution in [3.05, 3.63) is 12.3 Å². The van der Waals surface area contributed by atoms with E-state index in [1.54, 1.807) is 0 Å². The fourth-order valence-electron chi connectivity index (χ4n) is 1.11. The van der Waals surface area contributed by atoms with Gasteiger partial charge in [0.15, 0.2) is 6.29 Å². The molecule has 108 valence electrons. The summed E-state index contributed by atoms with van der Waals surface area (Å²) >= 11 is 0.0789. The molecule has 12 heteroatoms. The van der Waals surface area contributed by atoms with Crippen LogP contribution in [0.2, 0.25) is 0 Å². The average molecular weight is 319 g/mol. The Morgan fingerprint density at radius 1 is 1.47 bits per heavy atom. The molecule has 1 unspecified atom stereocenters. The molecule has 0 aliphatic carbocycles. The van der Waals surface area contributed by atoms with E-state index in [2.05, 4.69) is 7.97 Å². The van der Waals surface area contributed by atoms with Gasteiger partial charge in [0.2, 0.25) is 0 Å². The molecule has 0 bridgehead atoms. The van der Waals surface area contributed by atoms with Gasteiger partial charge >= 0.3 is 38.3 Å². The third kappa shape index (κ3) is 4.36. The zero-order valence-corrected chi connectivity index (χ0v) is 12.4. The third-order valence-corrected chi connectivity index (χ3v) is 3.32. The molecule has 1 aliphatic rings. The van der Waals surface area contributed by atoms with Crippen molar-refractivity contribution in [1.82, 2.24) is 4.90 Å². The number of hydrogen-bond acceptors (Lipinski definition) is 6. The molecule has 0 aromatic heterocycles. The van der Waals surface area contributed by atoms with Crippen molar-refractivity contribution in [1.29, 1.82) is 0 Å². The average Bonchev–Trinajstić information content (AvgIpc) is 2.51. The van der Waals surface area contributed by atoms with Gasteiger partial charge in [-0.2, -0.15) is 21.6 Å². The first-order valence-electron chi connectivity index (χ1n) is 4.80. The van der Waals surface area contributed by atoms with Crippen LogP contribution in [-0.4, -0.2) is 61.0 Å². The standard InChI is InChI=1S/C7H8F3NO6S.Al.2H/c8-7(9,10)18(14,15)17-5-4-11(6(12)13)2-1-3-16-5;;;/h1-2,5H,3-4H2,(H,12,13);;;/q;+1;;/p-1. The number of nitrogens with zero attached hydrogens (tertiary/aromatic N) is 1. The summed E-state index contributed by atoms with van der Waals surface area (Å²) in [5.74, 6) is 0. The van der Waals surface area contributed by atoms with Crippen LogP contribution in [0.3, 0.4) is 0 Å². The Kier molecular flexibility index (Phi) is 5.22. The molecular weight excluding hydrogens is 310 g/mol. The zero-order chi connectivity index (χ0) is 14.7. The van der Waals surface area contributed by atoms with Crippen LogP contribution < -0.4 is 0 Å².